The van der Waals surface area contributed by atoms with Gasteiger partial charge in [0.05, 0.1) is 6.04 Å². The highest BCUT2D eigenvalue weighted by Crippen LogP contribution is 2.31. The van der Waals surface area contributed by atoms with E-state index in [4.69, 9.17) is 0 Å². The van der Waals surface area contributed by atoms with Gasteiger partial charge in [-0.3, -0.25) is 5.01 Å². The van der Waals surface area contributed by atoms with Crippen LogP contribution in [0.1, 0.15) is 26.2 Å². The van der Waals surface area contributed by atoms with E-state index in [1.165, 1.54) is 36.5 Å². The van der Waals surface area contributed by atoms with Crippen LogP contribution in [0.4, 0.5) is 0 Å². The number of hydrogen-bond donors (Lipinski definition) is 0. The second-order valence-corrected chi connectivity index (χ2v) is 5.31. The molecule has 0 amide bonds. The highest BCUT2D eigenvalue weighted by atomic mass is 32.2. The Hall–Kier alpha value is -0.180. The van der Waals surface area contributed by atoms with Crippen molar-refractivity contribution in [2.75, 3.05) is 18.6 Å². The maximum atomic E-state index is 4.49. The molecule has 1 saturated heterocycles. The van der Waals surface area contributed by atoms with Gasteiger partial charge in [-0.15, -0.1) is 0 Å². The molecule has 2 nitrogen and oxygen atoms in total. The van der Waals surface area contributed by atoms with Crippen LogP contribution >= 0.6 is 11.8 Å². The molecule has 2 atom stereocenters. The van der Waals surface area contributed by atoms with E-state index < -0.39 is 0 Å². The Kier molecular flexibility index (Phi) is 2.82. The molecule has 13 heavy (non-hydrogen) atoms. The lowest BCUT2D eigenvalue weighted by Crippen LogP contribution is -2.34. The molecule has 3 heteroatoms. The number of rotatable bonds is 1. The Morgan fingerprint density at radius 1 is 1.54 bits per heavy atom. The maximum absolute atomic E-state index is 4.49. The minimum atomic E-state index is 0.702. The lowest BCUT2D eigenvalue weighted by atomic mass is 9.93. The van der Waals surface area contributed by atoms with Gasteiger partial charge in [-0.05, 0) is 37.2 Å². The fourth-order valence-corrected chi connectivity index (χ4v) is 3.59. The highest BCUT2D eigenvalue weighted by molar-refractivity contribution is 7.99. The number of hydrazone groups is 1. The van der Waals surface area contributed by atoms with Crippen molar-refractivity contribution in [3.05, 3.63) is 0 Å². The molecule has 2 heterocycles. The van der Waals surface area contributed by atoms with Crippen LogP contribution < -0.4 is 0 Å². The summed E-state index contributed by atoms with van der Waals surface area (Å²) in [6.07, 6.45) is 4.01. The summed E-state index contributed by atoms with van der Waals surface area (Å²) in [4.78, 5) is 0. The van der Waals surface area contributed by atoms with Gasteiger partial charge in [-0.25, -0.2) is 0 Å². The third-order valence-corrected chi connectivity index (χ3v) is 4.29. The fourth-order valence-electron chi connectivity index (χ4n) is 2.36. The van der Waals surface area contributed by atoms with Crippen molar-refractivity contribution in [2.24, 2.45) is 11.0 Å². The first-order chi connectivity index (χ1) is 6.27. The molecule has 0 bridgehead atoms. The van der Waals surface area contributed by atoms with Gasteiger partial charge in [0, 0.05) is 19.2 Å². The number of nitrogens with zero attached hydrogens (tertiary/aromatic N) is 2. The molecule has 0 saturated carbocycles. The largest absolute Gasteiger partial charge is 0.296 e. The van der Waals surface area contributed by atoms with Gasteiger partial charge in [0.25, 0.3) is 0 Å². The van der Waals surface area contributed by atoms with Crippen molar-refractivity contribution >= 4 is 17.5 Å². The smallest absolute Gasteiger partial charge is 0.0556 e. The molecule has 74 valence electrons. The summed E-state index contributed by atoms with van der Waals surface area (Å²) < 4.78 is 0. The molecular formula is C10H18N2S. The molecule has 2 rings (SSSR count). The second kappa shape index (κ2) is 3.91. The highest BCUT2D eigenvalue weighted by Gasteiger charge is 2.30. The van der Waals surface area contributed by atoms with Crippen LogP contribution in [-0.4, -0.2) is 35.3 Å². The zero-order chi connectivity index (χ0) is 9.26. The fraction of sp³-hybridized carbons (Fsp3) is 0.900. The number of hydrogen-bond acceptors (Lipinski definition) is 3. The van der Waals surface area contributed by atoms with E-state index in [9.17, 15) is 0 Å². The molecule has 2 aliphatic heterocycles. The Morgan fingerprint density at radius 2 is 2.38 bits per heavy atom. The molecule has 1 fully saturated rings. The first kappa shape index (κ1) is 9.38. The molecule has 2 aliphatic rings. The van der Waals surface area contributed by atoms with Crippen molar-refractivity contribution < 1.29 is 0 Å². The van der Waals surface area contributed by atoms with Crippen LogP contribution in [0.2, 0.25) is 0 Å². The van der Waals surface area contributed by atoms with Gasteiger partial charge in [0.15, 0.2) is 0 Å². The monoisotopic (exact) mass is 198 g/mol. The third kappa shape index (κ3) is 2.01. The van der Waals surface area contributed by atoms with E-state index in [2.05, 4.69) is 35.8 Å². The van der Waals surface area contributed by atoms with Crippen LogP contribution in [0.25, 0.3) is 0 Å². The van der Waals surface area contributed by atoms with Crippen molar-refractivity contribution in [2.45, 2.75) is 32.2 Å². The molecule has 0 aromatic rings. The van der Waals surface area contributed by atoms with E-state index >= 15 is 0 Å². The minimum Gasteiger partial charge on any atom is -0.296 e. The molecule has 0 aromatic heterocycles. The van der Waals surface area contributed by atoms with E-state index in [1.807, 2.05) is 0 Å². The van der Waals surface area contributed by atoms with Crippen molar-refractivity contribution in [1.82, 2.24) is 5.01 Å². The first-order valence-electron chi connectivity index (χ1n) is 5.12. The van der Waals surface area contributed by atoms with Crippen LogP contribution in [-0.2, 0) is 0 Å². The summed E-state index contributed by atoms with van der Waals surface area (Å²) >= 11 is 2.12. The van der Waals surface area contributed by atoms with Gasteiger partial charge in [-0.1, -0.05) is 0 Å². The van der Waals surface area contributed by atoms with Crippen LogP contribution in [0.5, 0.6) is 0 Å². The molecule has 0 aromatic carbocycles. The lowest BCUT2D eigenvalue weighted by Gasteiger charge is -2.30. The van der Waals surface area contributed by atoms with Gasteiger partial charge in [0.2, 0.25) is 0 Å². The van der Waals surface area contributed by atoms with Gasteiger partial charge >= 0.3 is 0 Å². The minimum absolute atomic E-state index is 0.702. The Bertz CT molecular complexity index is 209. The lowest BCUT2D eigenvalue weighted by molar-refractivity contribution is 0.210. The van der Waals surface area contributed by atoms with E-state index in [0.29, 0.717) is 6.04 Å². The number of thioether (sulfide) groups is 1. The van der Waals surface area contributed by atoms with Crippen molar-refractivity contribution in [3.8, 4) is 0 Å². The molecular weight excluding hydrogens is 180 g/mol. The zero-order valence-corrected chi connectivity index (χ0v) is 9.31. The Balaban J connectivity index is 1.94. The van der Waals surface area contributed by atoms with Crippen molar-refractivity contribution in [1.29, 1.82) is 0 Å². The normalized spacial score (nSPS) is 34.9. The average Bonchev–Trinajstić information content (AvgIpc) is 2.47. The summed E-state index contributed by atoms with van der Waals surface area (Å²) in [6.45, 7) is 2.15. The summed E-state index contributed by atoms with van der Waals surface area (Å²) in [7, 11) is 2.13. The van der Waals surface area contributed by atoms with Crippen LogP contribution in [0.15, 0.2) is 5.10 Å². The predicted molar refractivity (Wildman–Crippen MR) is 59.3 cm³/mol. The Morgan fingerprint density at radius 3 is 2.92 bits per heavy atom. The summed E-state index contributed by atoms with van der Waals surface area (Å²) in [5.41, 5.74) is 1.31. The summed E-state index contributed by atoms with van der Waals surface area (Å²) in [5.74, 6) is 3.59. The summed E-state index contributed by atoms with van der Waals surface area (Å²) in [6, 6.07) is 0.702. The second-order valence-electron chi connectivity index (χ2n) is 4.16. The van der Waals surface area contributed by atoms with Crippen molar-refractivity contribution in [3.63, 3.8) is 0 Å². The maximum Gasteiger partial charge on any atom is 0.0556 e. The van der Waals surface area contributed by atoms with Crippen LogP contribution in [0.3, 0.4) is 0 Å². The van der Waals surface area contributed by atoms with E-state index in [1.54, 1.807) is 0 Å². The quantitative estimate of drug-likeness (QED) is 0.642. The van der Waals surface area contributed by atoms with Crippen LogP contribution in [0, 0.1) is 5.92 Å². The average molecular weight is 198 g/mol. The van der Waals surface area contributed by atoms with Gasteiger partial charge in [-0.2, -0.15) is 16.9 Å². The van der Waals surface area contributed by atoms with Gasteiger partial charge < -0.3 is 0 Å². The molecule has 0 radical (unpaired) electrons. The third-order valence-electron chi connectivity index (χ3n) is 3.05. The molecule has 0 aliphatic carbocycles. The Labute approximate surface area is 84.8 Å². The van der Waals surface area contributed by atoms with E-state index in [-0.39, 0.29) is 0 Å². The summed E-state index contributed by atoms with van der Waals surface area (Å²) in [5, 5.41) is 6.67. The first-order valence-corrected chi connectivity index (χ1v) is 6.27. The van der Waals surface area contributed by atoms with Gasteiger partial charge in [0.1, 0.15) is 0 Å². The zero-order valence-electron chi connectivity index (χ0n) is 8.49. The SMILES string of the molecule is CC1=NN(C)C(C2CCCSC2)C1. The molecule has 0 spiro atoms. The topological polar surface area (TPSA) is 15.6 Å². The predicted octanol–water partition coefficient (Wildman–Crippen LogP) is 2.21. The van der Waals surface area contributed by atoms with E-state index in [0.717, 1.165) is 5.92 Å². The molecule has 0 N–H and O–H groups in total. The molecule has 2 unspecified atom stereocenters. The standard InChI is InChI=1S/C10H18N2S/c1-8-6-10(12(2)11-8)9-4-3-5-13-7-9/h9-10H,3-7H2,1-2H3.